The van der Waals surface area contributed by atoms with E-state index in [1.165, 1.54) is 12.8 Å². The molecule has 1 unspecified atom stereocenters. The normalized spacial score (nSPS) is 29.8. The van der Waals surface area contributed by atoms with Crippen molar-refractivity contribution < 1.29 is 18.7 Å². The zero-order valence-electron chi connectivity index (χ0n) is 18.2. The molecule has 5 nitrogen and oxygen atoms in total. The van der Waals surface area contributed by atoms with Gasteiger partial charge in [0, 0.05) is 37.7 Å². The maximum absolute atomic E-state index is 13.3. The lowest BCUT2D eigenvalue weighted by molar-refractivity contribution is -0.142. The largest absolute Gasteiger partial charge is 0.379 e. The number of piperidine rings is 1. The molecule has 0 bridgehead atoms. The fraction of sp³-hybridized carbons (Fsp3) is 0.680. The number of benzene rings is 1. The van der Waals surface area contributed by atoms with Crippen LogP contribution in [-0.2, 0) is 9.53 Å². The van der Waals surface area contributed by atoms with Gasteiger partial charge < -0.3 is 14.5 Å². The highest BCUT2D eigenvalue weighted by molar-refractivity contribution is 5.94. The summed E-state index contributed by atoms with van der Waals surface area (Å²) in [6, 6.07) is 9.60. The van der Waals surface area contributed by atoms with E-state index in [4.69, 9.17) is 4.74 Å². The van der Waals surface area contributed by atoms with Gasteiger partial charge in [-0.15, -0.1) is 0 Å². The molecule has 2 heterocycles. The van der Waals surface area contributed by atoms with Crippen molar-refractivity contribution in [1.82, 2.24) is 9.80 Å². The van der Waals surface area contributed by atoms with Crippen molar-refractivity contribution in [3.63, 3.8) is 0 Å². The lowest BCUT2D eigenvalue weighted by Gasteiger charge is -2.42. The van der Waals surface area contributed by atoms with Crippen molar-refractivity contribution in [1.29, 1.82) is 0 Å². The Morgan fingerprint density at radius 1 is 1.06 bits per heavy atom. The van der Waals surface area contributed by atoms with Crippen LogP contribution in [0.15, 0.2) is 30.3 Å². The number of hydrogen-bond acceptors (Lipinski definition) is 3. The Morgan fingerprint density at radius 2 is 1.77 bits per heavy atom. The van der Waals surface area contributed by atoms with Crippen LogP contribution >= 0.6 is 0 Å². The molecule has 2 aliphatic carbocycles. The second kappa shape index (κ2) is 8.53. The van der Waals surface area contributed by atoms with Gasteiger partial charge in [0.05, 0.1) is 12.6 Å². The summed E-state index contributed by atoms with van der Waals surface area (Å²) in [5, 5.41) is 0. The first kappa shape index (κ1) is 20.9. The van der Waals surface area contributed by atoms with Crippen LogP contribution in [-0.4, -0.2) is 66.7 Å². The molecule has 2 aliphatic heterocycles. The maximum Gasteiger partial charge on any atom is 0.254 e. The van der Waals surface area contributed by atoms with Crippen molar-refractivity contribution in [2.24, 2.45) is 17.3 Å². The summed E-state index contributed by atoms with van der Waals surface area (Å²) in [7, 11) is 0. The van der Waals surface area contributed by atoms with Crippen molar-refractivity contribution in [2.75, 3.05) is 32.8 Å². The van der Waals surface area contributed by atoms with E-state index in [0.29, 0.717) is 25.4 Å². The molecule has 2 saturated heterocycles. The highest BCUT2D eigenvalue weighted by Gasteiger charge is 2.48. The fourth-order valence-corrected chi connectivity index (χ4v) is 5.53. The third kappa shape index (κ3) is 4.50. The molecule has 0 aromatic heterocycles. The molecule has 4 aliphatic rings. The van der Waals surface area contributed by atoms with Gasteiger partial charge in [0.2, 0.25) is 5.91 Å². The predicted octanol–water partition coefficient (Wildman–Crippen LogP) is 3.68. The van der Waals surface area contributed by atoms with Gasteiger partial charge in [0.15, 0.2) is 0 Å². The standard InChI is InChI=1S/C25H33FN2O3/c26-21-12-20(13-21)23(29)27-10-8-25(9-11-27)14-22(16-31-15-18-6-7-18)28(17-25)24(30)19-4-2-1-3-5-19/h1-5,18,20-22H,6-17H2. The average Bonchev–Trinajstić information content (AvgIpc) is 3.53. The number of hydrogen-bond donors (Lipinski definition) is 0. The van der Waals surface area contributed by atoms with Gasteiger partial charge in [0.1, 0.15) is 6.17 Å². The number of carbonyl (C=O) groups excluding carboxylic acids is 2. The summed E-state index contributed by atoms with van der Waals surface area (Å²) in [6.07, 6.45) is 5.25. The molecule has 2 amide bonds. The summed E-state index contributed by atoms with van der Waals surface area (Å²) in [5.74, 6) is 0.799. The third-order valence-corrected chi connectivity index (χ3v) is 7.82. The predicted molar refractivity (Wildman–Crippen MR) is 115 cm³/mol. The number of ether oxygens (including phenoxy) is 1. The van der Waals surface area contributed by atoms with Crippen molar-refractivity contribution in [2.45, 2.75) is 57.2 Å². The van der Waals surface area contributed by atoms with E-state index >= 15 is 0 Å². The highest BCUT2D eigenvalue weighted by atomic mass is 19.1. The van der Waals surface area contributed by atoms with E-state index in [-0.39, 0.29) is 29.2 Å². The Hall–Kier alpha value is -1.95. The van der Waals surface area contributed by atoms with Crippen LogP contribution in [0.4, 0.5) is 4.39 Å². The minimum Gasteiger partial charge on any atom is -0.379 e. The van der Waals surface area contributed by atoms with Gasteiger partial charge in [-0.25, -0.2) is 4.39 Å². The van der Waals surface area contributed by atoms with Crippen LogP contribution in [0.3, 0.4) is 0 Å². The Morgan fingerprint density at radius 3 is 2.42 bits per heavy atom. The Kier molecular flexibility index (Phi) is 5.76. The summed E-state index contributed by atoms with van der Waals surface area (Å²) >= 11 is 0. The Bertz CT molecular complexity index is 798. The quantitative estimate of drug-likeness (QED) is 0.695. The van der Waals surface area contributed by atoms with Crippen LogP contribution in [0.2, 0.25) is 0 Å². The van der Waals surface area contributed by atoms with Gasteiger partial charge in [0.25, 0.3) is 5.91 Å². The van der Waals surface area contributed by atoms with Crippen LogP contribution in [0, 0.1) is 17.3 Å². The molecule has 31 heavy (non-hydrogen) atoms. The fourth-order valence-electron chi connectivity index (χ4n) is 5.53. The van der Waals surface area contributed by atoms with E-state index in [1.54, 1.807) is 0 Å². The van der Waals surface area contributed by atoms with Gasteiger partial charge >= 0.3 is 0 Å². The number of alkyl halides is 1. The first-order valence-electron chi connectivity index (χ1n) is 11.9. The van der Waals surface area contributed by atoms with Crippen LogP contribution in [0.1, 0.15) is 55.3 Å². The zero-order chi connectivity index (χ0) is 21.4. The molecule has 6 heteroatoms. The smallest absolute Gasteiger partial charge is 0.254 e. The van der Waals surface area contributed by atoms with E-state index < -0.39 is 6.17 Å². The monoisotopic (exact) mass is 428 g/mol. The first-order chi connectivity index (χ1) is 15.0. The molecular weight excluding hydrogens is 395 g/mol. The minimum atomic E-state index is -0.797. The van der Waals surface area contributed by atoms with E-state index in [0.717, 1.165) is 51.1 Å². The lowest BCUT2D eigenvalue weighted by Crippen LogP contribution is -2.49. The molecule has 0 N–H and O–H groups in total. The molecule has 4 fully saturated rings. The average molecular weight is 429 g/mol. The molecular formula is C25H33FN2O3. The SMILES string of the molecule is O=C(C1CC(F)C1)N1CCC2(CC1)CC(COCC1CC1)N(C(=O)c1ccccc1)C2. The van der Waals surface area contributed by atoms with Crippen molar-refractivity contribution in [3.05, 3.63) is 35.9 Å². The van der Waals surface area contributed by atoms with Gasteiger partial charge in [-0.2, -0.15) is 0 Å². The molecule has 168 valence electrons. The van der Waals surface area contributed by atoms with Crippen molar-refractivity contribution in [3.8, 4) is 0 Å². The van der Waals surface area contributed by atoms with Crippen molar-refractivity contribution >= 4 is 11.8 Å². The van der Waals surface area contributed by atoms with Crippen LogP contribution in [0.5, 0.6) is 0 Å². The summed E-state index contributed by atoms with van der Waals surface area (Å²) in [5.41, 5.74) is 0.780. The molecule has 0 radical (unpaired) electrons. The Balaban J connectivity index is 1.24. The topological polar surface area (TPSA) is 49.9 Å². The van der Waals surface area contributed by atoms with Gasteiger partial charge in [-0.3, -0.25) is 9.59 Å². The molecule has 5 rings (SSSR count). The Labute approximate surface area is 183 Å². The summed E-state index contributed by atoms with van der Waals surface area (Å²) in [4.78, 5) is 29.9. The minimum absolute atomic E-state index is 0.0526. The molecule has 2 saturated carbocycles. The molecule has 1 aromatic carbocycles. The maximum atomic E-state index is 13.3. The van der Waals surface area contributed by atoms with Gasteiger partial charge in [-0.1, -0.05) is 18.2 Å². The first-order valence-corrected chi connectivity index (χ1v) is 11.9. The van der Waals surface area contributed by atoms with Crippen LogP contribution in [0.25, 0.3) is 0 Å². The molecule has 1 spiro atoms. The lowest BCUT2D eigenvalue weighted by atomic mass is 9.75. The molecule has 1 atom stereocenters. The number of carbonyl (C=O) groups is 2. The van der Waals surface area contributed by atoms with Crippen LogP contribution < -0.4 is 0 Å². The third-order valence-electron chi connectivity index (χ3n) is 7.82. The number of likely N-dealkylation sites (tertiary alicyclic amines) is 2. The number of rotatable bonds is 6. The van der Waals surface area contributed by atoms with E-state index in [2.05, 4.69) is 0 Å². The zero-order valence-corrected chi connectivity index (χ0v) is 18.2. The summed E-state index contributed by atoms with van der Waals surface area (Å²) in [6.45, 7) is 3.57. The second-order valence-corrected chi connectivity index (χ2v) is 10.2. The number of amides is 2. The number of nitrogens with zero attached hydrogens (tertiary/aromatic N) is 2. The van der Waals surface area contributed by atoms with E-state index in [9.17, 15) is 14.0 Å². The van der Waals surface area contributed by atoms with E-state index in [1.807, 2.05) is 40.1 Å². The second-order valence-electron chi connectivity index (χ2n) is 10.2. The highest BCUT2D eigenvalue weighted by Crippen LogP contribution is 2.45. The molecule has 1 aromatic rings. The van der Waals surface area contributed by atoms with Gasteiger partial charge in [-0.05, 0) is 68.4 Å². The number of halogens is 1. The summed E-state index contributed by atoms with van der Waals surface area (Å²) < 4.78 is 19.2.